The van der Waals surface area contributed by atoms with Crippen LogP contribution in [0.5, 0.6) is 0 Å². The van der Waals surface area contributed by atoms with Gasteiger partial charge >= 0.3 is 5.69 Å². The van der Waals surface area contributed by atoms with Gasteiger partial charge in [0.1, 0.15) is 23.0 Å². The van der Waals surface area contributed by atoms with Crippen molar-refractivity contribution in [3.63, 3.8) is 0 Å². The number of carbonyl (C=O) groups excluding carboxylic acids is 1. The van der Waals surface area contributed by atoms with Crippen molar-refractivity contribution in [2.75, 3.05) is 5.32 Å². The first kappa shape index (κ1) is 18.2. The highest BCUT2D eigenvalue weighted by molar-refractivity contribution is 6.11. The molecule has 0 radical (unpaired) electrons. The van der Waals surface area contributed by atoms with Gasteiger partial charge in [-0.3, -0.25) is 18.7 Å². The standard InChI is InChI=1S/C19H18N4O4/c1-22-17-14(18(26)23(2)19(22)27)16(25)12(10-20)15(24)13(21-17)9-8-11-6-4-3-5-7-11/h3-7,13,21,25H,8-9H2,1-2H3/t13-/m0/s1. The lowest BCUT2D eigenvalue weighted by Crippen LogP contribution is -2.41. The molecule has 0 spiro atoms. The van der Waals surface area contributed by atoms with E-state index in [2.05, 4.69) is 5.32 Å². The molecular formula is C19H18N4O4. The van der Waals surface area contributed by atoms with Crippen LogP contribution in [0, 0.1) is 11.3 Å². The molecule has 0 saturated heterocycles. The molecule has 1 aromatic heterocycles. The number of anilines is 1. The average Bonchev–Trinajstić information content (AvgIpc) is 2.78. The number of carbonyl (C=O) groups is 1. The first-order chi connectivity index (χ1) is 12.9. The number of nitrogens with zero attached hydrogens (tertiary/aromatic N) is 3. The number of hydrogen-bond acceptors (Lipinski definition) is 6. The van der Waals surface area contributed by atoms with Gasteiger partial charge < -0.3 is 10.4 Å². The molecule has 27 heavy (non-hydrogen) atoms. The van der Waals surface area contributed by atoms with E-state index in [0.29, 0.717) is 12.8 Å². The van der Waals surface area contributed by atoms with Crippen molar-refractivity contribution < 1.29 is 9.90 Å². The van der Waals surface area contributed by atoms with E-state index in [-0.39, 0.29) is 11.4 Å². The second-order valence-corrected chi connectivity index (χ2v) is 6.35. The van der Waals surface area contributed by atoms with Gasteiger partial charge in [-0.2, -0.15) is 5.26 Å². The van der Waals surface area contributed by atoms with Crippen LogP contribution in [0.3, 0.4) is 0 Å². The molecule has 2 N–H and O–H groups in total. The molecule has 2 aromatic rings. The molecule has 0 bridgehead atoms. The summed E-state index contributed by atoms with van der Waals surface area (Å²) < 4.78 is 1.97. The number of Topliss-reactive ketones (excluding diaryl/α,β-unsaturated/α-hetero) is 1. The van der Waals surface area contributed by atoms with Crippen LogP contribution >= 0.6 is 0 Å². The zero-order chi connectivity index (χ0) is 19.7. The van der Waals surface area contributed by atoms with Crippen molar-refractivity contribution in [3.05, 3.63) is 67.9 Å². The second kappa shape index (κ2) is 6.96. The largest absolute Gasteiger partial charge is 0.505 e. The highest BCUT2D eigenvalue weighted by atomic mass is 16.3. The molecule has 138 valence electrons. The van der Waals surface area contributed by atoms with E-state index < -0.39 is 34.4 Å². The molecule has 2 heterocycles. The summed E-state index contributed by atoms with van der Waals surface area (Å²) in [6.45, 7) is 0. The summed E-state index contributed by atoms with van der Waals surface area (Å²) in [7, 11) is 2.70. The number of aliphatic hydroxyl groups excluding tert-OH is 1. The molecule has 0 fully saturated rings. The summed E-state index contributed by atoms with van der Waals surface area (Å²) in [6, 6.07) is 10.3. The van der Waals surface area contributed by atoms with E-state index in [9.17, 15) is 24.8 Å². The molecule has 0 unspecified atom stereocenters. The quantitative estimate of drug-likeness (QED) is 0.832. The van der Waals surface area contributed by atoms with E-state index in [1.54, 1.807) is 6.07 Å². The molecular weight excluding hydrogens is 348 g/mol. The number of nitriles is 1. The maximum atomic E-state index is 12.8. The fourth-order valence-corrected chi connectivity index (χ4v) is 3.14. The number of rotatable bonds is 3. The Hall–Kier alpha value is -3.60. The summed E-state index contributed by atoms with van der Waals surface area (Å²) >= 11 is 0. The topological polar surface area (TPSA) is 117 Å². The van der Waals surface area contributed by atoms with E-state index >= 15 is 0 Å². The van der Waals surface area contributed by atoms with Gasteiger partial charge in [0.25, 0.3) is 5.56 Å². The molecule has 0 amide bonds. The third-order valence-electron chi connectivity index (χ3n) is 4.69. The highest BCUT2D eigenvalue weighted by Crippen LogP contribution is 2.27. The van der Waals surface area contributed by atoms with Gasteiger partial charge in [-0.1, -0.05) is 30.3 Å². The Morgan fingerprint density at radius 3 is 2.44 bits per heavy atom. The smallest absolute Gasteiger partial charge is 0.332 e. The lowest BCUT2D eigenvalue weighted by atomic mass is 9.98. The molecule has 1 aliphatic rings. The predicted octanol–water partition coefficient (Wildman–Crippen LogP) is 0.873. The van der Waals surface area contributed by atoms with Crippen LogP contribution in [0.25, 0.3) is 5.76 Å². The van der Waals surface area contributed by atoms with Crippen LogP contribution < -0.4 is 16.6 Å². The number of ketones is 1. The number of aliphatic hydroxyl groups is 1. The maximum absolute atomic E-state index is 12.8. The van der Waals surface area contributed by atoms with Crippen LogP contribution in [-0.4, -0.2) is 26.1 Å². The van der Waals surface area contributed by atoms with Gasteiger partial charge in [-0.15, -0.1) is 0 Å². The molecule has 3 rings (SSSR count). The minimum atomic E-state index is -0.860. The van der Waals surface area contributed by atoms with Gasteiger partial charge in [-0.25, -0.2) is 4.79 Å². The minimum absolute atomic E-state index is 0.0252. The molecule has 1 aromatic carbocycles. The Kier molecular flexibility index (Phi) is 4.69. The highest BCUT2D eigenvalue weighted by Gasteiger charge is 2.34. The molecule has 8 nitrogen and oxygen atoms in total. The maximum Gasteiger partial charge on any atom is 0.332 e. The lowest BCUT2D eigenvalue weighted by Gasteiger charge is -2.19. The fourth-order valence-electron chi connectivity index (χ4n) is 3.14. The van der Waals surface area contributed by atoms with Gasteiger partial charge in [0.2, 0.25) is 0 Å². The summed E-state index contributed by atoms with van der Waals surface area (Å²) in [6.07, 6.45) is 0.863. The van der Waals surface area contributed by atoms with Crippen molar-refractivity contribution in [2.45, 2.75) is 18.9 Å². The van der Waals surface area contributed by atoms with E-state index in [4.69, 9.17) is 0 Å². The van der Waals surface area contributed by atoms with Crippen molar-refractivity contribution in [1.29, 1.82) is 5.26 Å². The third-order valence-corrected chi connectivity index (χ3v) is 4.69. The molecule has 0 aliphatic carbocycles. The van der Waals surface area contributed by atoms with Crippen LogP contribution in [0.15, 0.2) is 45.5 Å². The summed E-state index contributed by atoms with van der Waals surface area (Å²) in [5.74, 6) is -1.29. The lowest BCUT2D eigenvalue weighted by molar-refractivity contribution is -0.116. The number of hydrogen-bond donors (Lipinski definition) is 2. The zero-order valence-electron chi connectivity index (χ0n) is 14.9. The third kappa shape index (κ3) is 3.04. The van der Waals surface area contributed by atoms with E-state index in [1.807, 2.05) is 30.3 Å². The molecule has 1 atom stereocenters. The Morgan fingerprint density at radius 1 is 1.15 bits per heavy atom. The Morgan fingerprint density at radius 2 is 1.81 bits per heavy atom. The fraction of sp³-hybridized carbons (Fsp3) is 0.263. The van der Waals surface area contributed by atoms with Crippen LogP contribution in [0.4, 0.5) is 5.82 Å². The summed E-state index contributed by atoms with van der Waals surface area (Å²) in [4.78, 5) is 37.5. The number of aryl methyl sites for hydroxylation is 1. The van der Waals surface area contributed by atoms with Gasteiger partial charge in [0, 0.05) is 14.1 Å². The number of benzene rings is 1. The van der Waals surface area contributed by atoms with Crippen LogP contribution in [0.1, 0.15) is 17.5 Å². The van der Waals surface area contributed by atoms with Gasteiger partial charge in [0.15, 0.2) is 11.5 Å². The van der Waals surface area contributed by atoms with Crippen molar-refractivity contribution in [3.8, 4) is 6.07 Å². The monoisotopic (exact) mass is 366 g/mol. The van der Waals surface area contributed by atoms with Crippen LogP contribution in [-0.2, 0) is 25.3 Å². The van der Waals surface area contributed by atoms with E-state index in [0.717, 1.165) is 14.7 Å². The van der Waals surface area contributed by atoms with Crippen molar-refractivity contribution in [2.24, 2.45) is 14.1 Å². The first-order valence-electron chi connectivity index (χ1n) is 8.35. The van der Waals surface area contributed by atoms with Crippen LogP contribution in [0.2, 0.25) is 0 Å². The normalized spacial score (nSPS) is 16.3. The predicted molar refractivity (Wildman–Crippen MR) is 99.3 cm³/mol. The Bertz CT molecular complexity index is 1100. The Labute approximate surface area is 154 Å². The average molecular weight is 366 g/mol. The zero-order valence-corrected chi connectivity index (χ0v) is 14.9. The molecule has 8 heteroatoms. The van der Waals surface area contributed by atoms with E-state index in [1.165, 1.54) is 14.1 Å². The number of aromatic nitrogens is 2. The number of nitrogens with one attached hydrogen (secondary N) is 1. The van der Waals surface area contributed by atoms with Crippen molar-refractivity contribution >= 4 is 17.4 Å². The number of fused-ring (bicyclic) bond motifs is 1. The summed E-state index contributed by atoms with van der Waals surface area (Å²) in [5.41, 5.74) is -1.13. The summed E-state index contributed by atoms with van der Waals surface area (Å²) in [5, 5.41) is 22.7. The first-order valence-corrected chi connectivity index (χ1v) is 8.35. The SMILES string of the molecule is Cn1c2c(c(=O)n(C)c1=O)C(O)=C(C#N)C(=O)[C@H](CCc1ccccc1)N2. The van der Waals surface area contributed by atoms with Gasteiger partial charge in [-0.05, 0) is 18.4 Å². The molecule has 0 saturated carbocycles. The molecule has 1 aliphatic heterocycles. The Balaban J connectivity index is 2.12. The second-order valence-electron chi connectivity index (χ2n) is 6.35. The van der Waals surface area contributed by atoms with Crippen molar-refractivity contribution in [1.82, 2.24) is 9.13 Å². The minimum Gasteiger partial charge on any atom is -0.505 e. The van der Waals surface area contributed by atoms with Gasteiger partial charge in [0.05, 0.1) is 6.04 Å².